The number of hydrogen-bond acceptors (Lipinski definition) is 5. The normalized spacial score (nSPS) is 16.4. The van der Waals surface area contributed by atoms with E-state index in [1.54, 1.807) is 21.3 Å². The van der Waals surface area contributed by atoms with Gasteiger partial charge in [0.25, 0.3) is 0 Å². The summed E-state index contributed by atoms with van der Waals surface area (Å²) >= 11 is 0. The number of hydrogen-bond donors (Lipinski definition) is 2. The second-order valence-electron chi connectivity index (χ2n) is 3.61. The highest BCUT2D eigenvalue weighted by Crippen LogP contribution is 2.30. The summed E-state index contributed by atoms with van der Waals surface area (Å²) in [6.07, 6.45) is 1.77. The van der Waals surface area contributed by atoms with Gasteiger partial charge in [0, 0.05) is 32.9 Å². The van der Waals surface area contributed by atoms with Crippen LogP contribution < -0.4 is 11.5 Å². The van der Waals surface area contributed by atoms with Crippen molar-refractivity contribution in [2.24, 2.45) is 11.5 Å². The van der Waals surface area contributed by atoms with Crippen molar-refractivity contribution in [3.05, 3.63) is 0 Å². The molecule has 2 atom stereocenters. The van der Waals surface area contributed by atoms with Gasteiger partial charge in [-0.2, -0.15) is 0 Å². The largest absolute Gasteiger partial charge is 0.505 e. The predicted octanol–water partition coefficient (Wildman–Crippen LogP) is 0.321. The molecule has 6 heteroatoms. The summed E-state index contributed by atoms with van der Waals surface area (Å²) in [4.78, 5) is 0. The molecule has 0 saturated carbocycles. The first-order chi connectivity index (χ1) is 7.07. The van der Waals surface area contributed by atoms with Crippen LogP contribution in [0.25, 0.3) is 0 Å². The van der Waals surface area contributed by atoms with E-state index in [0.29, 0.717) is 6.54 Å². The molecule has 0 aromatic rings. The first-order valence-corrected chi connectivity index (χ1v) is 6.99. The molecule has 0 spiro atoms. The maximum Gasteiger partial charge on any atom is 0.505 e. The lowest BCUT2D eigenvalue weighted by molar-refractivity contribution is 0.106. The Morgan fingerprint density at radius 1 is 1.13 bits per heavy atom. The number of nitrogens with two attached hydrogens (primary N) is 2. The Bertz CT molecular complexity index is 157. The van der Waals surface area contributed by atoms with Gasteiger partial charge in [0.1, 0.15) is 0 Å². The fourth-order valence-corrected chi connectivity index (χ4v) is 4.41. The van der Waals surface area contributed by atoms with E-state index in [-0.39, 0.29) is 11.6 Å². The monoisotopic (exact) mass is 236 g/mol. The zero-order chi connectivity index (χ0) is 11.9. The van der Waals surface area contributed by atoms with Crippen LogP contribution in [-0.4, -0.2) is 42.7 Å². The average Bonchev–Trinajstić information content (AvgIpc) is 2.24. The Hall–Kier alpha value is 0.0169. The summed E-state index contributed by atoms with van der Waals surface area (Å²) in [6, 6.07) is -0.0249. The van der Waals surface area contributed by atoms with Crippen LogP contribution in [0, 0.1) is 0 Å². The van der Waals surface area contributed by atoms with E-state index in [0.717, 1.165) is 12.8 Å². The molecule has 0 bridgehead atoms. The van der Waals surface area contributed by atoms with Crippen LogP contribution in [0.2, 0.25) is 5.54 Å². The fourth-order valence-electron chi connectivity index (χ4n) is 1.80. The van der Waals surface area contributed by atoms with E-state index < -0.39 is 8.80 Å². The van der Waals surface area contributed by atoms with Gasteiger partial charge in [-0.25, -0.2) is 0 Å². The van der Waals surface area contributed by atoms with E-state index in [2.05, 4.69) is 0 Å². The Morgan fingerprint density at radius 3 is 1.87 bits per heavy atom. The first-order valence-electron chi connectivity index (χ1n) is 5.19. The summed E-state index contributed by atoms with van der Waals surface area (Å²) < 4.78 is 16.3. The molecule has 5 nitrogen and oxygen atoms in total. The van der Waals surface area contributed by atoms with Crippen LogP contribution in [-0.2, 0) is 13.3 Å². The zero-order valence-corrected chi connectivity index (χ0v) is 11.2. The molecule has 0 aromatic carbocycles. The van der Waals surface area contributed by atoms with Gasteiger partial charge < -0.3 is 24.7 Å². The molecule has 0 radical (unpaired) electrons. The summed E-state index contributed by atoms with van der Waals surface area (Å²) in [5, 5.41) is 0. The molecule has 0 amide bonds. The van der Waals surface area contributed by atoms with Gasteiger partial charge in [-0.3, -0.25) is 0 Å². The summed E-state index contributed by atoms with van der Waals surface area (Å²) in [7, 11) is 2.20. The fraction of sp³-hybridized carbons (Fsp3) is 1.00. The van der Waals surface area contributed by atoms with Gasteiger partial charge in [0.05, 0.1) is 0 Å². The van der Waals surface area contributed by atoms with Gasteiger partial charge in [-0.15, -0.1) is 0 Å². The lowest BCUT2D eigenvalue weighted by Crippen LogP contribution is -2.52. The van der Waals surface area contributed by atoms with Crippen molar-refractivity contribution in [2.75, 3.05) is 27.9 Å². The molecule has 15 heavy (non-hydrogen) atoms. The van der Waals surface area contributed by atoms with Crippen molar-refractivity contribution in [2.45, 2.75) is 31.3 Å². The SMILES string of the molecule is CO[Si](OC)(OC)C(CCCN)C(C)N. The minimum absolute atomic E-state index is 0.0249. The highest BCUT2D eigenvalue weighted by atomic mass is 28.4. The van der Waals surface area contributed by atoms with E-state index in [4.69, 9.17) is 24.7 Å². The minimum Gasteiger partial charge on any atom is -0.377 e. The Balaban J connectivity index is 4.66. The van der Waals surface area contributed by atoms with Crippen LogP contribution in [0.1, 0.15) is 19.8 Å². The second-order valence-corrected chi connectivity index (χ2v) is 6.79. The zero-order valence-electron chi connectivity index (χ0n) is 10.2. The van der Waals surface area contributed by atoms with Gasteiger partial charge >= 0.3 is 8.80 Å². The molecule has 4 N–H and O–H groups in total. The molecule has 0 heterocycles. The quantitative estimate of drug-likeness (QED) is 0.593. The highest BCUT2D eigenvalue weighted by Gasteiger charge is 2.48. The molecule has 0 fully saturated rings. The molecule has 0 aliphatic carbocycles. The Morgan fingerprint density at radius 2 is 1.60 bits per heavy atom. The molecule has 2 unspecified atom stereocenters. The molecule has 0 aromatic heterocycles. The minimum atomic E-state index is -2.63. The highest BCUT2D eigenvalue weighted by molar-refractivity contribution is 6.62. The lowest BCUT2D eigenvalue weighted by Gasteiger charge is -2.34. The van der Waals surface area contributed by atoms with Crippen LogP contribution in [0.15, 0.2) is 0 Å². The molecule has 0 aliphatic rings. The van der Waals surface area contributed by atoms with Crippen LogP contribution >= 0.6 is 0 Å². The molecule has 92 valence electrons. The maximum atomic E-state index is 5.94. The van der Waals surface area contributed by atoms with Gasteiger partial charge in [-0.05, 0) is 26.3 Å². The van der Waals surface area contributed by atoms with Gasteiger partial charge in [-0.1, -0.05) is 0 Å². The van der Waals surface area contributed by atoms with Crippen molar-refractivity contribution < 1.29 is 13.3 Å². The topological polar surface area (TPSA) is 79.7 Å². The predicted molar refractivity (Wildman–Crippen MR) is 62.5 cm³/mol. The first kappa shape index (κ1) is 15.0. The molecular weight excluding hydrogens is 212 g/mol. The summed E-state index contributed by atoms with van der Waals surface area (Å²) in [5.74, 6) is 0. The molecular formula is C9H24N2O3Si. The smallest absolute Gasteiger partial charge is 0.377 e. The van der Waals surface area contributed by atoms with Crippen molar-refractivity contribution in [3.8, 4) is 0 Å². The van der Waals surface area contributed by atoms with Crippen molar-refractivity contribution >= 4 is 8.80 Å². The van der Waals surface area contributed by atoms with E-state index >= 15 is 0 Å². The second kappa shape index (κ2) is 7.32. The molecule has 0 saturated heterocycles. The average molecular weight is 236 g/mol. The van der Waals surface area contributed by atoms with Crippen LogP contribution in [0.5, 0.6) is 0 Å². The van der Waals surface area contributed by atoms with Crippen molar-refractivity contribution in [1.29, 1.82) is 0 Å². The molecule has 0 aliphatic heterocycles. The van der Waals surface area contributed by atoms with E-state index in [1.807, 2.05) is 6.92 Å². The number of rotatable bonds is 8. The van der Waals surface area contributed by atoms with Crippen molar-refractivity contribution in [3.63, 3.8) is 0 Å². The Kier molecular flexibility index (Phi) is 7.32. The van der Waals surface area contributed by atoms with E-state index in [1.165, 1.54) is 0 Å². The van der Waals surface area contributed by atoms with Crippen LogP contribution in [0.3, 0.4) is 0 Å². The van der Waals surface area contributed by atoms with Crippen molar-refractivity contribution in [1.82, 2.24) is 0 Å². The standard InChI is InChI=1S/C9H24N2O3Si/c1-8(11)9(6-5-7-10)15(12-2,13-3)14-4/h8-9H,5-7,10-11H2,1-4H3. The third-order valence-electron chi connectivity index (χ3n) is 2.66. The molecule has 0 rings (SSSR count). The third kappa shape index (κ3) is 3.82. The van der Waals surface area contributed by atoms with Gasteiger partial charge in [0.15, 0.2) is 0 Å². The van der Waals surface area contributed by atoms with E-state index in [9.17, 15) is 0 Å². The summed E-state index contributed by atoms with van der Waals surface area (Å²) in [6.45, 7) is 2.59. The summed E-state index contributed by atoms with van der Waals surface area (Å²) in [5.41, 5.74) is 11.5. The maximum absolute atomic E-state index is 5.94. The third-order valence-corrected chi connectivity index (χ3v) is 6.09. The Labute approximate surface area is 93.4 Å². The van der Waals surface area contributed by atoms with Crippen LogP contribution in [0.4, 0.5) is 0 Å². The lowest BCUT2D eigenvalue weighted by atomic mass is 10.1. The van der Waals surface area contributed by atoms with Gasteiger partial charge in [0.2, 0.25) is 0 Å².